The molecule has 0 bridgehead atoms. The fourth-order valence-corrected chi connectivity index (χ4v) is 0.672. The molecule has 0 N–H and O–H groups in total. The minimum atomic E-state index is -1.59. The monoisotopic (exact) mass is 157 g/mol. The van der Waals surface area contributed by atoms with Crippen LogP contribution < -0.4 is 5.11 Å². The molecule has 0 aliphatic carbocycles. The Kier molecular flexibility index (Phi) is 1.85. The van der Waals surface area contributed by atoms with Crippen molar-refractivity contribution in [2.45, 2.75) is 0 Å². The van der Waals surface area contributed by atoms with Crippen LogP contribution in [0.15, 0.2) is 18.2 Å². The Morgan fingerprint density at radius 2 is 1.64 bits per heavy atom. The van der Waals surface area contributed by atoms with Crippen LogP contribution in [0.25, 0.3) is 0 Å². The second-order valence-electron chi connectivity index (χ2n) is 1.95. The number of carbonyl (C=O) groups excluding carboxylic acids is 1. The molecule has 0 radical (unpaired) electrons. The molecule has 0 amide bonds. The summed E-state index contributed by atoms with van der Waals surface area (Å²) in [4.78, 5) is 10.1. The minimum absolute atomic E-state index is 0.498. The van der Waals surface area contributed by atoms with Gasteiger partial charge < -0.3 is 9.90 Å². The van der Waals surface area contributed by atoms with Crippen molar-refractivity contribution < 1.29 is 18.7 Å². The van der Waals surface area contributed by atoms with Gasteiger partial charge in [-0.1, -0.05) is 0 Å². The molecule has 2 nitrogen and oxygen atoms in total. The molecule has 4 heteroatoms. The Morgan fingerprint density at radius 1 is 1.18 bits per heavy atom. The van der Waals surface area contributed by atoms with Gasteiger partial charge in [-0.3, -0.25) is 0 Å². The van der Waals surface area contributed by atoms with E-state index >= 15 is 0 Å². The quantitative estimate of drug-likeness (QED) is 0.589. The molecule has 58 valence electrons. The number of halogens is 2. The molecule has 1 aromatic rings. The van der Waals surface area contributed by atoms with Crippen molar-refractivity contribution in [1.82, 2.24) is 0 Å². The minimum Gasteiger partial charge on any atom is -0.545 e. The van der Waals surface area contributed by atoms with Crippen molar-refractivity contribution >= 4 is 5.97 Å². The average molecular weight is 157 g/mol. The lowest BCUT2D eigenvalue weighted by Crippen LogP contribution is -2.22. The summed E-state index contributed by atoms with van der Waals surface area (Å²) in [6.07, 6.45) is 0. The van der Waals surface area contributed by atoms with E-state index < -0.39 is 23.2 Å². The topological polar surface area (TPSA) is 40.1 Å². The van der Waals surface area contributed by atoms with Crippen LogP contribution in [-0.2, 0) is 0 Å². The highest BCUT2D eigenvalue weighted by atomic mass is 19.1. The molecule has 0 heterocycles. The van der Waals surface area contributed by atoms with Crippen LogP contribution in [0, 0.1) is 11.6 Å². The highest BCUT2D eigenvalue weighted by molar-refractivity contribution is 5.85. The molecule has 0 aliphatic heterocycles. The standard InChI is InChI=1S/C7H4F2O2/c8-5-1-4(7(10)11)2-6(9)3-5/h1-3H,(H,10,11)/p-1. The largest absolute Gasteiger partial charge is 0.545 e. The molecule has 0 saturated carbocycles. The van der Waals surface area contributed by atoms with Gasteiger partial charge in [0.2, 0.25) is 0 Å². The zero-order valence-electron chi connectivity index (χ0n) is 5.30. The number of aromatic carboxylic acids is 1. The molecular weight excluding hydrogens is 154 g/mol. The molecule has 1 rings (SSSR count). The highest BCUT2D eigenvalue weighted by Gasteiger charge is 1.99. The number of rotatable bonds is 1. The summed E-state index contributed by atoms with van der Waals surface area (Å²) in [5, 5.41) is 10.1. The Morgan fingerprint density at radius 3 is 2.00 bits per heavy atom. The zero-order valence-corrected chi connectivity index (χ0v) is 5.30. The number of benzene rings is 1. The Hall–Kier alpha value is -1.45. The molecule has 0 spiro atoms. The molecule has 0 saturated heterocycles. The third-order valence-corrected chi connectivity index (χ3v) is 1.10. The predicted molar refractivity (Wildman–Crippen MR) is 30.7 cm³/mol. The van der Waals surface area contributed by atoms with E-state index in [0.29, 0.717) is 18.2 Å². The first-order valence-electron chi connectivity index (χ1n) is 2.77. The smallest absolute Gasteiger partial charge is 0.126 e. The van der Waals surface area contributed by atoms with Crippen LogP contribution in [-0.4, -0.2) is 5.97 Å². The first-order chi connectivity index (χ1) is 5.09. The molecule has 0 unspecified atom stereocenters. The average Bonchev–Trinajstić information content (AvgIpc) is 1.85. The van der Waals surface area contributed by atoms with Gasteiger partial charge in [-0.15, -0.1) is 0 Å². The van der Waals surface area contributed by atoms with Gasteiger partial charge in [0.15, 0.2) is 0 Å². The maximum absolute atomic E-state index is 12.3. The number of hydrogen-bond acceptors (Lipinski definition) is 2. The molecule has 1 aromatic carbocycles. The van der Waals surface area contributed by atoms with Crippen LogP contribution in [0.3, 0.4) is 0 Å². The molecule has 11 heavy (non-hydrogen) atoms. The fourth-order valence-electron chi connectivity index (χ4n) is 0.672. The number of carboxylic acid groups (broad SMARTS) is 1. The second-order valence-corrected chi connectivity index (χ2v) is 1.95. The highest BCUT2D eigenvalue weighted by Crippen LogP contribution is 2.06. The molecule has 0 fully saturated rings. The van der Waals surface area contributed by atoms with E-state index in [9.17, 15) is 18.7 Å². The Balaban J connectivity index is 3.19. The summed E-state index contributed by atoms with van der Waals surface area (Å²) in [6, 6.07) is 1.98. The van der Waals surface area contributed by atoms with Crippen LogP contribution in [0.4, 0.5) is 8.78 Å². The number of hydrogen-bond donors (Lipinski definition) is 0. The van der Waals surface area contributed by atoms with Crippen LogP contribution in [0.2, 0.25) is 0 Å². The van der Waals surface area contributed by atoms with Crippen molar-refractivity contribution in [2.75, 3.05) is 0 Å². The van der Waals surface area contributed by atoms with E-state index in [1.807, 2.05) is 0 Å². The van der Waals surface area contributed by atoms with Crippen molar-refractivity contribution in [3.63, 3.8) is 0 Å². The van der Waals surface area contributed by atoms with Gasteiger partial charge in [0.05, 0.1) is 5.97 Å². The van der Waals surface area contributed by atoms with Crippen molar-refractivity contribution in [3.8, 4) is 0 Å². The molecular formula is C7H3F2O2-. The lowest BCUT2D eigenvalue weighted by atomic mass is 10.2. The van der Waals surface area contributed by atoms with E-state index in [4.69, 9.17) is 0 Å². The van der Waals surface area contributed by atoms with E-state index in [2.05, 4.69) is 0 Å². The normalized spacial score (nSPS) is 9.64. The predicted octanol–water partition coefficient (Wildman–Crippen LogP) is 0.328. The van der Waals surface area contributed by atoms with Gasteiger partial charge >= 0.3 is 0 Å². The first kappa shape index (κ1) is 7.65. The fraction of sp³-hybridized carbons (Fsp3) is 0. The zero-order chi connectivity index (χ0) is 8.43. The summed E-state index contributed by atoms with van der Waals surface area (Å²) in [5.74, 6) is -3.45. The third kappa shape index (κ3) is 1.73. The van der Waals surface area contributed by atoms with E-state index in [1.165, 1.54) is 0 Å². The van der Waals surface area contributed by atoms with Gasteiger partial charge in [0.25, 0.3) is 0 Å². The van der Waals surface area contributed by atoms with Gasteiger partial charge in [-0.25, -0.2) is 8.78 Å². The Bertz CT molecular complexity index is 276. The van der Waals surface area contributed by atoms with E-state index in [-0.39, 0.29) is 0 Å². The van der Waals surface area contributed by atoms with Crippen LogP contribution >= 0.6 is 0 Å². The molecule has 0 atom stereocenters. The molecule has 0 aromatic heterocycles. The number of carbonyl (C=O) groups is 1. The third-order valence-electron chi connectivity index (χ3n) is 1.10. The van der Waals surface area contributed by atoms with Crippen molar-refractivity contribution in [1.29, 1.82) is 0 Å². The van der Waals surface area contributed by atoms with Crippen LogP contribution in [0.1, 0.15) is 10.4 Å². The maximum atomic E-state index is 12.3. The van der Waals surface area contributed by atoms with Gasteiger partial charge in [0, 0.05) is 11.6 Å². The molecule has 0 aliphatic rings. The van der Waals surface area contributed by atoms with Crippen LogP contribution in [0.5, 0.6) is 0 Å². The van der Waals surface area contributed by atoms with Gasteiger partial charge in [-0.05, 0) is 12.1 Å². The van der Waals surface area contributed by atoms with Gasteiger partial charge in [-0.2, -0.15) is 0 Å². The van der Waals surface area contributed by atoms with Crippen molar-refractivity contribution in [3.05, 3.63) is 35.4 Å². The summed E-state index contributed by atoms with van der Waals surface area (Å²) >= 11 is 0. The number of carboxylic acids is 1. The van der Waals surface area contributed by atoms with Crippen molar-refractivity contribution in [2.24, 2.45) is 0 Å². The maximum Gasteiger partial charge on any atom is 0.126 e. The lowest BCUT2D eigenvalue weighted by molar-refractivity contribution is -0.255. The SMILES string of the molecule is O=C([O-])c1cc(F)cc(F)c1. The lowest BCUT2D eigenvalue weighted by Gasteiger charge is -2.00. The van der Waals surface area contributed by atoms with E-state index in [1.54, 1.807) is 0 Å². The first-order valence-corrected chi connectivity index (χ1v) is 2.77. The summed E-state index contributed by atoms with van der Waals surface area (Å²) in [7, 11) is 0. The van der Waals surface area contributed by atoms with E-state index in [0.717, 1.165) is 0 Å². The summed E-state index contributed by atoms with van der Waals surface area (Å²) in [6.45, 7) is 0. The summed E-state index contributed by atoms with van der Waals surface area (Å²) in [5.41, 5.74) is -0.498. The Labute approximate surface area is 61.1 Å². The van der Waals surface area contributed by atoms with Gasteiger partial charge in [0.1, 0.15) is 11.6 Å². The summed E-state index contributed by atoms with van der Waals surface area (Å²) < 4.78 is 24.5. The second kappa shape index (κ2) is 2.65.